The molecule has 0 aliphatic rings. The third-order valence-electron chi connectivity index (χ3n) is 6.94. The molecule has 8 heteroatoms. The van der Waals surface area contributed by atoms with Crippen molar-refractivity contribution in [2.45, 2.75) is 52.2 Å². The van der Waals surface area contributed by atoms with Crippen molar-refractivity contribution in [1.82, 2.24) is 10.2 Å². The Hall–Kier alpha value is -4.43. The van der Waals surface area contributed by atoms with Crippen molar-refractivity contribution in [3.63, 3.8) is 0 Å². The Morgan fingerprint density at radius 2 is 1.51 bits per heavy atom. The summed E-state index contributed by atoms with van der Waals surface area (Å²) in [4.78, 5) is 38.4. The Morgan fingerprint density at radius 3 is 2.21 bits per heavy atom. The van der Waals surface area contributed by atoms with Crippen molar-refractivity contribution in [2.75, 3.05) is 0 Å². The van der Waals surface area contributed by atoms with Gasteiger partial charge in [0.1, 0.15) is 11.5 Å². The van der Waals surface area contributed by atoms with Gasteiger partial charge in [0.2, 0.25) is 0 Å². The number of hydrogen-bond donors (Lipinski definition) is 2. The van der Waals surface area contributed by atoms with Crippen LogP contribution in [0.2, 0.25) is 0 Å². The van der Waals surface area contributed by atoms with E-state index in [4.69, 9.17) is 4.74 Å². The Labute approximate surface area is 260 Å². The molecule has 0 unspecified atom stereocenters. The van der Waals surface area contributed by atoms with E-state index < -0.39 is 11.9 Å². The fourth-order valence-corrected chi connectivity index (χ4v) is 5.10. The Balaban J connectivity index is 1.39. The first kappa shape index (κ1) is 31.5. The molecule has 0 aliphatic carbocycles. The summed E-state index contributed by atoms with van der Waals surface area (Å²) in [6.07, 6.45) is 4.65. The lowest BCUT2D eigenvalue weighted by Crippen LogP contribution is -2.35. The van der Waals surface area contributed by atoms with E-state index in [0.717, 1.165) is 12.0 Å². The number of unbranched alkanes of at least 4 members (excludes halogenated alkanes) is 2. The lowest BCUT2D eigenvalue weighted by atomic mass is 10.1. The van der Waals surface area contributed by atoms with Gasteiger partial charge >= 0.3 is 11.9 Å². The van der Waals surface area contributed by atoms with Gasteiger partial charge in [-0.05, 0) is 71.5 Å². The first-order chi connectivity index (χ1) is 20.8. The molecule has 0 radical (unpaired) electrons. The zero-order valence-electron chi connectivity index (χ0n) is 24.1. The van der Waals surface area contributed by atoms with Crippen LogP contribution in [0.3, 0.4) is 0 Å². The average molecular weight is 644 g/mol. The van der Waals surface area contributed by atoms with Crippen LogP contribution in [0, 0.1) is 0 Å². The van der Waals surface area contributed by atoms with Crippen molar-refractivity contribution in [1.29, 1.82) is 0 Å². The first-order valence-electron chi connectivity index (χ1n) is 14.3. The molecule has 2 amide bonds. The minimum absolute atomic E-state index is 0.0298. The minimum atomic E-state index is -1.54. The van der Waals surface area contributed by atoms with Gasteiger partial charge in [-0.1, -0.05) is 96.4 Å². The second kappa shape index (κ2) is 15.7. The van der Waals surface area contributed by atoms with Gasteiger partial charge in [-0.2, -0.15) is 0 Å². The molecule has 4 aromatic rings. The molecule has 43 heavy (non-hydrogen) atoms. The molecular formula is C35H35BrN2O5. The summed E-state index contributed by atoms with van der Waals surface area (Å²) in [6, 6.07) is 29.8. The van der Waals surface area contributed by atoms with Crippen LogP contribution in [-0.2, 0) is 35.6 Å². The molecule has 0 saturated heterocycles. The number of aliphatic carboxylic acids is 1. The van der Waals surface area contributed by atoms with Crippen LogP contribution in [-0.4, -0.2) is 27.8 Å². The number of carbonyl (C=O) groups is 3. The van der Waals surface area contributed by atoms with E-state index in [1.807, 2.05) is 48.5 Å². The molecule has 4 aromatic carbocycles. The maximum atomic E-state index is 12.9. The maximum absolute atomic E-state index is 12.9. The predicted octanol–water partition coefficient (Wildman–Crippen LogP) is 7.52. The van der Waals surface area contributed by atoms with Crippen molar-refractivity contribution >= 4 is 33.7 Å². The van der Waals surface area contributed by atoms with Gasteiger partial charge in [-0.15, -0.1) is 0 Å². The fraction of sp³-hybridized carbons (Fsp3) is 0.229. The highest BCUT2D eigenvalue weighted by Crippen LogP contribution is 2.25. The quantitative estimate of drug-likeness (QED) is 0.116. The Morgan fingerprint density at radius 1 is 0.791 bits per heavy atom. The molecule has 0 atom stereocenters. The third-order valence-corrected chi connectivity index (χ3v) is 7.68. The Bertz CT molecular complexity index is 1540. The fourth-order valence-electron chi connectivity index (χ4n) is 4.60. The van der Waals surface area contributed by atoms with E-state index in [0.29, 0.717) is 39.2 Å². The highest BCUT2D eigenvalue weighted by atomic mass is 79.9. The maximum Gasteiger partial charge on any atom is 0.394 e. The van der Waals surface area contributed by atoms with E-state index in [1.165, 1.54) is 29.7 Å². The van der Waals surface area contributed by atoms with Gasteiger partial charge in [0, 0.05) is 29.7 Å². The smallest absolute Gasteiger partial charge is 0.394 e. The number of aryl methyl sites for hydroxylation is 1. The zero-order chi connectivity index (χ0) is 30.6. The summed E-state index contributed by atoms with van der Waals surface area (Å²) in [5, 5.41) is 12.4. The van der Waals surface area contributed by atoms with Crippen molar-refractivity contribution in [3.8, 4) is 11.5 Å². The van der Waals surface area contributed by atoms with Crippen molar-refractivity contribution < 1.29 is 24.2 Å². The number of amides is 2. The van der Waals surface area contributed by atoms with Gasteiger partial charge in [0.25, 0.3) is 5.91 Å². The van der Waals surface area contributed by atoms with Crippen molar-refractivity contribution in [2.24, 2.45) is 0 Å². The molecule has 0 aromatic heterocycles. The number of nitrogens with one attached hydrogen (secondary N) is 1. The Kier molecular flexibility index (Phi) is 11.5. The minimum Gasteiger partial charge on any atom is -0.474 e. The monoisotopic (exact) mass is 642 g/mol. The van der Waals surface area contributed by atoms with Gasteiger partial charge in [-0.3, -0.25) is 9.59 Å². The summed E-state index contributed by atoms with van der Waals surface area (Å²) in [7, 11) is 0. The zero-order valence-corrected chi connectivity index (χ0v) is 25.7. The molecule has 0 spiro atoms. The summed E-state index contributed by atoms with van der Waals surface area (Å²) in [5.74, 6) is -1.56. The van der Waals surface area contributed by atoms with E-state index in [1.54, 1.807) is 36.4 Å². The molecule has 0 aliphatic heterocycles. The summed E-state index contributed by atoms with van der Waals surface area (Å²) >= 11 is 3.51. The number of carbonyl (C=O) groups excluding carboxylic acids is 2. The van der Waals surface area contributed by atoms with E-state index >= 15 is 0 Å². The number of carboxylic acid groups (broad SMARTS) is 1. The average Bonchev–Trinajstić information content (AvgIpc) is 3.01. The van der Waals surface area contributed by atoms with Crippen LogP contribution in [0.25, 0.3) is 0 Å². The van der Waals surface area contributed by atoms with E-state index in [-0.39, 0.29) is 19.0 Å². The lowest BCUT2D eigenvalue weighted by Gasteiger charge is -2.22. The van der Waals surface area contributed by atoms with Gasteiger partial charge < -0.3 is 20.1 Å². The SMILES string of the molecule is CCCCCc1ccc(CNC(=O)c2ccc(CN(Cc3cccc(Oc4ccccc4)c3)C(=O)C(=O)O)c(Br)c2)cc1. The van der Waals surface area contributed by atoms with Gasteiger partial charge in [0.15, 0.2) is 0 Å². The highest BCUT2D eigenvalue weighted by molar-refractivity contribution is 9.10. The largest absolute Gasteiger partial charge is 0.474 e. The molecule has 0 fully saturated rings. The van der Waals surface area contributed by atoms with Crippen LogP contribution in [0.4, 0.5) is 0 Å². The van der Waals surface area contributed by atoms with E-state index in [2.05, 4.69) is 40.3 Å². The standard InChI is InChI=1S/C35H35BrN2O5/c1-2-3-5-9-25-14-16-26(17-15-25)22-37-33(39)28-18-19-29(32(36)21-28)24-38(34(40)35(41)42)23-27-10-8-13-31(20-27)43-30-11-6-4-7-12-30/h4,6-8,10-21H,2-3,5,9,22-24H2,1H3,(H,37,39)(H,41,42). The molecule has 0 bridgehead atoms. The number of para-hydroxylation sites is 1. The van der Waals surface area contributed by atoms with Crippen LogP contribution in [0.1, 0.15) is 58.8 Å². The molecular weight excluding hydrogens is 608 g/mol. The number of benzene rings is 4. The van der Waals surface area contributed by atoms with E-state index in [9.17, 15) is 19.5 Å². The van der Waals surface area contributed by atoms with Crippen LogP contribution >= 0.6 is 15.9 Å². The number of carboxylic acids is 1. The lowest BCUT2D eigenvalue weighted by molar-refractivity contribution is -0.156. The predicted molar refractivity (Wildman–Crippen MR) is 170 cm³/mol. The molecule has 2 N–H and O–H groups in total. The van der Waals surface area contributed by atoms with Crippen LogP contribution < -0.4 is 10.1 Å². The number of halogens is 1. The molecule has 222 valence electrons. The first-order valence-corrected chi connectivity index (χ1v) is 15.1. The normalized spacial score (nSPS) is 10.7. The van der Waals surface area contributed by atoms with Gasteiger partial charge in [-0.25, -0.2) is 4.79 Å². The van der Waals surface area contributed by atoms with Gasteiger partial charge in [0.05, 0.1) is 0 Å². The molecule has 0 heterocycles. The summed E-state index contributed by atoms with van der Waals surface area (Å²) < 4.78 is 6.49. The second-order valence-electron chi connectivity index (χ2n) is 10.3. The highest BCUT2D eigenvalue weighted by Gasteiger charge is 2.23. The molecule has 4 rings (SSSR count). The van der Waals surface area contributed by atoms with Crippen LogP contribution in [0.5, 0.6) is 11.5 Å². The van der Waals surface area contributed by atoms with Crippen molar-refractivity contribution in [3.05, 3.63) is 129 Å². The number of ether oxygens (including phenoxy) is 1. The number of nitrogens with zero attached hydrogens (tertiary/aromatic N) is 1. The number of hydrogen-bond acceptors (Lipinski definition) is 4. The second-order valence-corrected chi connectivity index (χ2v) is 11.1. The van der Waals surface area contributed by atoms with Crippen LogP contribution in [0.15, 0.2) is 102 Å². The molecule has 7 nitrogen and oxygen atoms in total. The summed E-state index contributed by atoms with van der Waals surface area (Å²) in [5.41, 5.74) is 4.15. The summed E-state index contributed by atoms with van der Waals surface area (Å²) in [6.45, 7) is 2.68. The topological polar surface area (TPSA) is 95.9 Å². The molecule has 0 saturated carbocycles. The third kappa shape index (κ3) is 9.54. The number of rotatable bonds is 13.